The highest BCUT2D eigenvalue weighted by Crippen LogP contribution is 2.34. The topological polar surface area (TPSA) is 100 Å². The van der Waals surface area contributed by atoms with Gasteiger partial charge in [0.1, 0.15) is 11.9 Å². The van der Waals surface area contributed by atoms with Gasteiger partial charge in [0, 0.05) is 30.3 Å². The van der Waals surface area contributed by atoms with E-state index in [0.717, 1.165) is 19.3 Å². The molecule has 5 rings (SSSR count). The van der Waals surface area contributed by atoms with Gasteiger partial charge >= 0.3 is 0 Å². The van der Waals surface area contributed by atoms with Gasteiger partial charge in [-0.2, -0.15) is 0 Å². The van der Waals surface area contributed by atoms with Crippen molar-refractivity contribution in [3.8, 4) is 28.5 Å². The summed E-state index contributed by atoms with van der Waals surface area (Å²) in [7, 11) is 1.86. The van der Waals surface area contributed by atoms with Gasteiger partial charge in [-0.25, -0.2) is 4.39 Å². The molecule has 8 nitrogen and oxygen atoms in total. The van der Waals surface area contributed by atoms with Gasteiger partial charge in [-0.3, -0.25) is 0 Å². The van der Waals surface area contributed by atoms with E-state index in [0.29, 0.717) is 34.6 Å². The monoisotopic (exact) mass is 396 g/mol. The molecular weight excluding hydrogens is 375 g/mol. The lowest BCUT2D eigenvalue weighted by molar-refractivity contribution is 0.176. The molecule has 2 unspecified atom stereocenters. The number of hydrogen-bond donors (Lipinski definition) is 2. The number of fused-ring (bicyclic) bond motifs is 2. The normalized spacial score (nSPS) is 25.9. The van der Waals surface area contributed by atoms with E-state index in [4.69, 9.17) is 4.42 Å². The van der Waals surface area contributed by atoms with Crippen LogP contribution in [0.4, 0.5) is 10.2 Å². The van der Waals surface area contributed by atoms with Gasteiger partial charge in [-0.1, -0.05) is 0 Å². The van der Waals surface area contributed by atoms with Crippen molar-refractivity contribution in [1.82, 2.24) is 25.7 Å². The first-order valence-electron chi connectivity index (χ1n) is 9.67. The zero-order valence-corrected chi connectivity index (χ0v) is 15.9. The number of nitrogens with one attached hydrogen (secondary N) is 1. The van der Waals surface area contributed by atoms with Crippen molar-refractivity contribution in [2.24, 2.45) is 0 Å². The summed E-state index contributed by atoms with van der Waals surface area (Å²) in [6.07, 6.45) is 2.98. The molecule has 1 aromatic carbocycles. The van der Waals surface area contributed by atoms with Crippen molar-refractivity contribution in [3.63, 3.8) is 0 Å². The maximum atomic E-state index is 14.8. The zero-order valence-electron chi connectivity index (χ0n) is 15.9. The van der Waals surface area contributed by atoms with Gasteiger partial charge in [0.25, 0.3) is 0 Å². The standard InChI is InChI=1S/C20H21FN6O2/c1-27(16-9-12-3-5-15(23-12)19(16)21)18-7-6-14(24-25-18)13-4-2-11(8-17(13)28)20-26-22-10-29-20/h2,4,6-8,10,12,15-16,19,23,28H,3,5,9H2,1H3/t12?,15?,16-,19+/m0/s1. The Kier molecular flexibility index (Phi) is 4.39. The Morgan fingerprint density at radius 2 is 2.07 bits per heavy atom. The van der Waals surface area contributed by atoms with Crippen LogP contribution in [0.2, 0.25) is 0 Å². The Morgan fingerprint density at radius 1 is 1.17 bits per heavy atom. The SMILES string of the molecule is CN(c1ccc(-c2ccc(-c3nnco3)cc2O)nn1)[C@H]1CC2CCC(N2)[C@H]1F. The summed E-state index contributed by atoms with van der Waals surface area (Å²) in [5, 5.41) is 29.8. The van der Waals surface area contributed by atoms with Crippen molar-refractivity contribution in [2.75, 3.05) is 11.9 Å². The molecule has 0 aliphatic carbocycles. The molecule has 29 heavy (non-hydrogen) atoms. The number of benzene rings is 1. The molecular formula is C20H21FN6O2. The van der Waals surface area contributed by atoms with Crippen molar-refractivity contribution < 1.29 is 13.9 Å². The fourth-order valence-corrected chi connectivity index (χ4v) is 4.36. The van der Waals surface area contributed by atoms with Gasteiger partial charge in [0.05, 0.1) is 11.7 Å². The number of nitrogens with zero attached hydrogens (tertiary/aromatic N) is 5. The van der Waals surface area contributed by atoms with Crippen LogP contribution in [0.3, 0.4) is 0 Å². The fraction of sp³-hybridized carbons (Fsp3) is 0.400. The molecule has 2 aliphatic heterocycles. The lowest BCUT2D eigenvalue weighted by Crippen LogP contribution is -2.55. The molecule has 0 radical (unpaired) electrons. The van der Waals surface area contributed by atoms with Gasteiger partial charge in [0.2, 0.25) is 12.3 Å². The number of phenolic OH excluding ortho intramolecular Hbond substituents is 1. The number of halogens is 1. The van der Waals surface area contributed by atoms with E-state index in [9.17, 15) is 9.50 Å². The van der Waals surface area contributed by atoms with Crippen LogP contribution in [0.15, 0.2) is 41.1 Å². The largest absolute Gasteiger partial charge is 0.507 e. The third-order valence-corrected chi connectivity index (χ3v) is 5.94. The Labute approximate surface area is 166 Å². The molecule has 2 aromatic heterocycles. The summed E-state index contributed by atoms with van der Waals surface area (Å²) in [6, 6.07) is 8.73. The molecule has 0 amide bonds. The van der Waals surface area contributed by atoms with Gasteiger partial charge < -0.3 is 19.7 Å². The van der Waals surface area contributed by atoms with Crippen molar-refractivity contribution >= 4 is 5.82 Å². The first-order chi connectivity index (χ1) is 14.1. The van der Waals surface area contributed by atoms with Crippen LogP contribution in [0.5, 0.6) is 5.75 Å². The zero-order chi connectivity index (χ0) is 20.0. The van der Waals surface area contributed by atoms with E-state index in [2.05, 4.69) is 25.7 Å². The average molecular weight is 396 g/mol. The van der Waals surface area contributed by atoms with Crippen molar-refractivity contribution in [2.45, 2.75) is 43.6 Å². The Balaban J connectivity index is 1.36. The molecule has 2 saturated heterocycles. The lowest BCUT2D eigenvalue weighted by atomic mass is 9.96. The summed E-state index contributed by atoms with van der Waals surface area (Å²) < 4.78 is 20.0. The van der Waals surface area contributed by atoms with Gasteiger partial charge in [0.15, 0.2) is 5.82 Å². The molecule has 4 atom stereocenters. The molecule has 2 bridgehead atoms. The van der Waals surface area contributed by atoms with Crippen LogP contribution < -0.4 is 10.2 Å². The molecule has 9 heteroatoms. The van der Waals surface area contributed by atoms with Crippen LogP contribution >= 0.6 is 0 Å². The third kappa shape index (κ3) is 3.21. The quantitative estimate of drug-likeness (QED) is 0.694. The maximum absolute atomic E-state index is 14.8. The molecule has 2 N–H and O–H groups in total. The predicted molar refractivity (Wildman–Crippen MR) is 104 cm³/mol. The molecule has 2 aliphatic rings. The average Bonchev–Trinajstić information content (AvgIpc) is 3.41. The smallest absolute Gasteiger partial charge is 0.247 e. The van der Waals surface area contributed by atoms with E-state index in [-0.39, 0.29) is 17.8 Å². The highest BCUT2D eigenvalue weighted by atomic mass is 19.1. The Morgan fingerprint density at radius 3 is 2.79 bits per heavy atom. The number of piperidine rings is 1. The van der Waals surface area contributed by atoms with Crippen LogP contribution in [-0.2, 0) is 0 Å². The molecule has 2 fully saturated rings. The minimum Gasteiger partial charge on any atom is -0.507 e. The predicted octanol–water partition coefficient (Wildman–Crippen LogP) is 2.57. The second-order valence-electron chi connectivity index (χ2n) is 7.66. The summed E-state index contributed by atoms with van der Waals surface area (Å²) in [6.45, 7) is 0. The number of rotatable bonds is 4. The number of phenols is 1. The third-order valence-electron chi connectivity index (χ3n) is 5.94. The summed E-state index contributed by atoms with van der Waals surface area (Å²) in [5.41, 5.74) is 1.68. The number of alkyl halides is 1. The highest BCUT2D eigenvalue weighted by Gasteiger charge is 2.43. The minimum absolute atomic E-state index is 0.0369. The lowest BCUT2D eigenvalue weighted by Gasteiger charge is -2.38. The number of hydrogen-bond acceptors (Lipinski definition) is 8. The highest BCUT2D eigenvalue weighted by molar-refractivity contribution is 5.71. The van der Waals surface area contributed by atoms with Gasteiger partial charge in [-0.15, -0.1) is 20.4 Å². The van der Waals surface area contributed by atoms with Crippen molar-refractivity contribution in [1.29, 1.82) is 0 Å². The van der Waals surface area contributed by atoms with E-state index < -0.39 is 6.17 Å². The fourth-order valence-electron chi connectivity index (χ4n) is 4.36. The first-order valence-corrected chi connectivity index (χ1v) is 9.67. The van der Waals surface area contributed by atoms with Gasteiger partial charge in [-0.05, 0) is 49.6 Å². The molecule has 3 aromatic rings. The number of aromatic nitrogens is 4. The molecule has 0 saturated carbocycles. The molecule has 0 spiro atoms. The summed E-state index contributed by atoms with van der Waals surface area (Å²) >= 11 is 0. The van der Waals surface area contributed by atoms with Crippen molar-refractivity contribution in [3.05, 3.63) is 36.7 Å². The Hall–Kier alpha value is -3.07. The maximum Gasteiger partial charge on any atom is 0.247 e. The number of anilines is 1. The second-order valence-corrected chi connectivity index (χ2v) is 7.66. The minimum atomic E-state index is -0.929. The van der Waals surface area contributed by atoms with Crippen LogP contribution in [-0.4, -0.2) is 56.8 Å². The Bertz CT molecular complexity index is 997. The van der Waals surface area contributed by atoms with E-state index in [1.165, 1.54) is 6.39 Å². The first kappa shape index (κ1) is 18.0. The summed E-state index contributed by atoms with van der Waals surface area (Å²) in [4.78, 5) is 1.88. The second kappa shape index (κ2) is 7.07. The molecule has 4 heterocycles. The van der Waals surface area contributed by atoms with Crippen LogP contribution in [0.25, 0.3) is 22.7 Å². The van der Waals surface area contributed by atoms with E-state index in [1.807, 2.05) is 18.0 Å². The molecule has 150 valence electrons. The van der Waals surface area contributed by atoms with Crippen LogP contribution in [0.1, 0.15) is 19.3 Å². The number of aromatic hydroxyl groups is 1. The van der Waals surface area contributed by atoms with E-state index >= 15 is 0 Å². The van der Waals surface area contributed by atoms with E-state index in [1.54, 1.807) is 24.3 Å². The van der Waals surface area contributed by atoms with Crippen LogP contribution in [0, 0.1) is 0 Å². The summed E-state index contributed by atoms with van der Waals surface area (Å²) in [5.74, 6) is 0.978.